The lowest BCUT2D eigenvalue weighted by Crippen LogP contribution is -2.07. The Labute approximate surface area is 104 Å². The SMILES string of the molecule is Cc1cc(C(F)(F)F)nn1-c1ccccc1Br. The zero-order valence-electron chi connectivity index (χ0n) is 8.79. The maximum Gasteiger partial charge on any atom is 0.435 e. The Morgan fingerprint density at radius 2 is 1.88 bits per heavy atom. The largest absolute Gasteiger partial charge is 0.435 e. The van der Waals surface area contributed by atoms with Crippen molar-refractivity contribution >= 4 is 15.9 Å². The van der Waals surface area contributed by atoms with Crippen molar-refractivity contribution < 1.29 is 13.2 Å². The van der Waals surface area contributed by atoms with Gasteiger partial charge in [-0.1, -0.05) is 12.1 Å². The Balaban J connectivity index is 2.55. The molecule has 1 aromatic heterocycles. The van der Waals surface area contributed by atoms with E-state index in [2.05, 4.69) is 21.0 Å². The smallest absolute Gasteiger partial charge is 0.236 e. The minimum atomic E-state index is -4.42. The van der Waals surface area contributed by atoms with Gasteiger partial charge in [0.1, 0.15) is 0 Å². The number of alkyl halides is 3. The molecule has 0 saturated carbocycles. The second kappa shape index (κ2) is 4.18. The van der Waals surface area contributed by atoms with Crippen LogP contribution in [0.2, 0.25) is 0 Å². The Morgan fingerprint density at radius 3 is 2.41 bits per heavy atom. The van der Waals surface area contributed by atoms with E-state index in [-0.39, 0.29) is 0 Å². The third kappa shape index (κ3) is 2.36. The van der Waals surface area contributed by atoms with Gasteiger partial charge in [0.15, 0.2) is 5.69 Å². The summed E-state index contributed by atoms with van der Waals surface area (Å²) in [6.45, 7) is 1.58. The third-order valence-corrected chi connectivity index (χ3v) is 2.93. The summed E-state index contributed by atoms with van der Waals surface area (Å²) in [5, 5.41) is 3.57. The van der Waals surface area contributed by atoms with Crippen molar-refractivity contribution in [2.45, 2.75) is 13.1 Å². The number of hydrogen-bond donors (Lipinski definition) is 0. The van der Waals surface area contributed by atoms with Crippen LogP contribution in [0.25, 0.3) is 5.69 Å². The normalized spacial score (nSPS) is 11.8. The minimum absolute atomic E-state index is 0.434. The van der Waals surface area contributed by atoms with Gasteiger partial charge in [0.2, 0.25) is 0 Å². The van der Waals surface area contributed by atoms with Gasteiger partial charge >= 0.3 is 6.18 Å². The Kier molecular flexibility index (Phi) is 2.99. The lowest BCUT2D eigenvalue weighted by atomic mass is 10.3. The first-order valence-corrected chi connectivity index (χ1v) is 5.57. The van der Waals surface area contributed by atoms with Gasteiger partial charge in [0.05, 0.1) is 5.69 Å². The molecule has 0 unspecified atom stereocenters. The van der Waals surface area contributed by atoms with Crippen LogP contribution >= 0.6 is 15.9 Å². The van der Waals surface area contributed by atoms with Gasteiger partial charge in [0, 0.05) is 10.2 Å². The van der Waals surface area contributed by atoms with E-state index in [0.29, 0.717) is 15.9 Å². The lowest BCUT2D eigenvalue weighted by molar-refractivity contribution is -0.141. The van der Waals surface area contributed by atoms with E-state index in [9.17, 15) is 13.2 Å². The van der Waals surface area contributed by atoms with Crippen molar-refractivity contribution in [3.05, 3.63) is 46.2 Å². The molecule has 2 rings (SSSR count). The van der Waals surface area contributed by atoms with E-state index >= 15 is 0 Å². The highest BCUT2D eigenvalue weighted by Crippen LogP contribution is 2.30. The van der Waals surface area contributed by atoms with Gasteiger partial charge in [0.25, 0.3) is 0 Å². The molecule has 17 heavy (non-hydrogen) atoms. The molecule has 0 bridgehead atoms. The van der Waals surface area contributed by atoms with Crippen molar-refractivity contribution in [1.82, 2.24) is 9.78 Å². The number of benzene rings is 1. The number of hydrogen-bond acceptors (Lipinski definition) is 1. The molecule has 90 valence electrons. The summed E-state index contributed by atoms with van der Waals surface area (Å²) in [5.74, 6) is 0. The quantitative estimate of drug-likeness (QED) is 0.780. The fraction of sp³-hybridized carbons (Fsp3) is 0.182. The Morgan fingerprint density at radius 1 is 1.24 bits per heavy atom. The second-order valence-electron chi connectivity index (χ2n) is 3.53. The van der Waals surface area contributed by atoms with Crippen molar-refractivity contribution in [2.75, 3.05) is 0 Å². The predicted octanol–water partition coefficient (Wildman–Crippen LogP) is 3.96. The van der Waals surface area contributed by atoms with Crippen molar-refractivity contribution in [2.24, 2.45) is 0 Å². The molecule has 0 saturated heterocycles. The highest BCUT2D eigenvalue weighted by molar-refractivity contribution is 9.10. The predicted molar refractivity (Wildman–Crippen MR) is 61.0 cm³/mol. The van der Waals surface area contributed by atoms with Crippen molar-refractivity contribution in [3.8, 4) is 5.69 Å². The van der Waals surface area contributed by atoms with E-state index in [1.54, 1.807) is 31.2 Å². The lowest BCUT2D eigenvalue weighted by Gasteiger charge is -2.06. The van der Waals surface area contributed by atoms with Gasteiger partial charge in [-0.2, -0.15) is 18.3 Å². The Bertz CT molecular complexity index is 546. The molecule has 0 aliphatic rings. The van der Waals surface area contributed by atoms with E-state index in [4.69, 9.17) is 0 Å². The molecule has 0 amide bonds. The van der Waals surface area contributed by atoms with Crippen LogP contribution in [-0.4, -0.2) is 9.78 Å². The first kappa shape index (κ1) is 12.2. The summed E-state index contributed by atoms with van der Waals surface area (Å²) < 4.78 is 39.5. The molecule has 2 aromatic rings. The summed E-state index contributed by atoms with van der Waals surface area (Å²) in [6.07, 6.45) is -4.42. The van der Waals surface area contributed by atoms with Crippen molar-refractivity contribution in [3.63, 3.8) is 0 Å². The molecule has 0 atom stereocenters. The number of aromatic nitrogens is 2. The number of para-hydroxylation sites is 1. The molecule has 0 N–H and O–H groups in total. The van der Waals surface area contributed by atoms with Gasteiger partial charge in [-0.15, -0.1) is 0 Å². The van der Waals surface area contributed by atoms with E-state index in [0.717, 1.165) is 6.07 Å². The average Bonchev–Trinajstić information content (AvgIpc) is 2.61. The molecular formula is C11H8BrF3N2. The number of rotatable bonds is 1. The molecule has 6 heteroatoms. The summed E-state index contributed by atoms with van der Waals surface area (Å²) in [6, 6.07) is 8.01. The monoisotopic (exact) mass is 304 g/mol. The zero-order chi connectivity index (χ0) is 12.6. The fourth-order valence-corrected chi connectivity index (χ4v) is 1.93. The molecular weight excluding hydrogens is 297 g/mol. The fourth-order valence-electron chi connectivity index (χ4n) is 1.48. The zero-order valence-corrected chi connectivity index (χ0v) is 10.4. The number of nitrogens with zero attached hydrogens (tertiary/aromatic N) is 2. The van der Waals surface area contributed by atoms with Crippen LogP contribution in [0.15, 0.2) is 34.8 Å². The van der Waals surface area contributed by atoms with E-state index < -0.39 is 11.9 Å². The maximum absolute atomic E-state index is 12.5. The molecule has 1 aromatic carbocycles. The van der Waals surface area contributed by atoms with Gasteiger partial charge in [-0.05, 0) is 41.1 Å². The summed E-state index contributed by atoms with van der Waals surface area (Å²) in [4.78, 5) is 0. The molecule has 0 aliphatic heterocycles. The van der Waals surface area contributed by atoms with Gasteiger partial charge < -0.3 is 0 Å². The maximum atomic E-state index is 12.5. The molecule has 0 radical (unpaired) electrons. The van der Waals surface area contributed by atoms with E-state index in [1.807, 2.05) is 0 Å². The standard InChI is InChI=1S/C11H8BrF3N2/c1-7-6-10(11(13,14)15)16-17(7)9-5-3-2-4-8(9)12/h2-6H,1H3. The Hall–Kier alpha value is -1.30. The highest BCUT2D eigenvalue weighted by Gasteiger charge is 2.34. The van der Waals surface area contributed by atoms with Crippen LogP contribution in [0.4, 0.5) is 13.2 Å². The van der Waals surface area contributed by atoms with Crippen molar-refractivity contribution in [1.29, 1.82) is 0 Å². The highest BCUT2D eigenvalue weighted by atomic mass is 79.9. The number of halogens is 4. The van der Waals surface area contributed by atoms with Crippen LogP contribution in [-0.2, 0) is 6.18 Å². The second-order valence-corrected chi connectivity index (χ2v) is 4.39. The summed E-state index contributed by atoms with van der Waals surface area (Å²) >= 11 is 3.28. The van der Waals surface area contributed by atoms with Crippen LogP contribution in [0, 0.1) is 6.92 Å². The van der Waals surface area contributed by atoms with Gasteiger partial charge in [-0.25, -0.2) is 4.68 Å². The van der Waals surface area contributed by atoms with Gasteiger partial charge in [-0.3, -0.25) is 0 Å². The van der Waals surface area contributed by atoms with Crippen LogP contribution < -0.4 is 0 Å². The summed E-state index contributed by atoms with van der Waals surface area (Å²) in [7, 11) is 0. The minimum Gasteiger partial charge on any atom is -0.236 e. The average molecular weight is 305 g/mol. The molecule has 2 nitrogen and oxygen atoms in total. The van der Waals surface area contributed by atoms with Crippen LogP contribution in [0.1, 0.15) is 11.4 Å². The molecule has 0 aliphatic carbocycles. The molecule has 0 spiro atoms. The molecule has 1 heterocycles. The molecule has 0 fully saturated rings. The first-order chi connectivity index (χ1) is 7.89. The van der Waals surface area contributed by atoms with Crippen LogP contribution in [0.3, 0.4) is 0 Å². The van der Waals surface area contributed by atoms with E-state index in [1.165, 1.54) is 4.68 Å². The number of aryl methyl sites for hydroxylation is 1. The topological polar surface area (TPSA) is 17.8 Å². The summed E-state index contributed by atoms with van der Waals surface area (Å²) in [5.41, 5.74) is 0.135. The first-order valence-electron chi connectivity index (χ1n) is 4.78. The van der Waals surface area contributed by atoms with Crippen LogP contribution in [0.5, 0.6) is 0 Å². The third-order valence-electron chi connectivity index (χ3n) is 2.26.